The lowest BCUT2D eigenvalue weighted by atomic mass is 10.2. The van der Waals surface area contributed by atoms with Gasteiger partial charge >= 0.3 is 0 Å². The molecule has 0 amide bonds. The van der Waals surface area contributed by atoms with Crippen LogP contribution in [-0.4, -0.2) is 25.7 Å². The summed E-state index contributed by atoms with van der Waals surface area (Å²) in [6.07, 6.45) is 2.58. The van der Waals surface area contributed by atoms with Crippen LogP contribution in [-0.2, 0) is 0 Å². The molecule has 1 atom stereocenters. The standard InChI is InChI=1S/C8H15ClN2/c1-7(9)5-10-6-8-3-2-4-11-8/h8,10-11H,1-6H2. The van der Waals surface area contributed by atoms with E-state index in [1.807, 2.05) is 0 Å². The average molecular weight is 175 g/mol. The van der Waals surface area contributed by atoms with Crippen LogP contribution in [0.2, 0.25) is 0 Å². The van der Waals surface area contributed by atoms with E-state index in [1.165, 1.54) is 12.8 Å². The van der Waals surface area contributed by atoms with Crippen LogP contribution >= 0.6 is 11.6 Å². The molecule has 64 valence electrons. The number of hydrogen-bond donors (Lipinski definition) is 2. The first kappa shape index (κ1) is 9.04. The van der Waals surface area contributed by atoms with Gasteiger partial charge in [-0.3, -0.25) is 0 Å². The normalized spacial score (nSPS) is 23.9. The van der Waals surface area contributed by atoms with Crippen molar-refractivity contribution in [1.29, 1.82) is 0 Å². The lowest BCUT2D eigenvalue weighted by Crippen LogP contribution is -2.34. The van der Waals surface area contributed by atoms with E-state index in [-0.39, 0.29) is 0 Å². The second-order valence-corrected chi connectivity index (χ2v) is 3.48. The van der Waals surface area contributed by atoms with Gasteiger partial charge in [-0.15, -0.1) is 0 Å². The van der Waals surface area contributed by atoms with Gasteiger partial charge in [0, 0.05) is 24.2 Å². The van der Waals surface area contributed by atoms with Crippen molar-refractivity contribution in [2.75, 3.05) is 19.6 Å². The van der Waals surface area contributed by atoms with E-state index in [9.17, 15) is 0 Å². The van der Waals surface area contributed by atoms with Crippen LogP contribution in [0.5, 0.6) is 0 Å². The third kappa shape index (κ3) is 3.75. The molecule has 0 bridgehead atoms. The zero-order chi connectivity index (χ0) is 8.10. The molecule has 0 radical (unpaired) electrons. The Morgan fingerprint density at radius 2 is 2.55 bits per heavy atom. The summed E-state index contributed by atoms with van der Waals surface area (Å²) in [4.78, 5) is 0. The summed E-state index contributed by atoms with van der Waals surface area (Å²) in [6, 6.07) is 0.644. The zero-order valence-corrected chi connectivity index (χ0v) is 7.45. The van der Waals surface area contributed by atoms with Gasteiger partial charge in [0.2, 0.25) is 0 Å². The summed E-state index contributed by atoms with van der Waals surface area (Å²) >= 11 is 5.59. The van der Waals surface area contributed by atoms with Crippen molar-refractivity contribution in [1.82, 2.24) is 10.6 Å². The molecule has 1 rings (SSSR count). The molecule has 0 aromatic rings. The molecule has 0 aromatic carbocycles. The molecule has 11 heavy (non-hydrogen) atoms. The first-order valence-electron chi connectivity index (χ1n) is 4.06. The van der Waals surface area contributed by atoms with Crippen molar-refractivity contribution >= 4 is 11.6 Å². The van der Waals surface area contributed by atoms with Gasteiger partial charge in [-0.2, -0.15) is 0 Å². The Hall–Kier alpha value is -0.0500. The van der Waals surface area contributed by atoms with Crippen LogP contribution < -0.4 is 10.6 Å². The molecule has 1 heterocycles. The molecule has 2 N–H and O–H groups in total. The maximum Gasteiger partial charge on any atom is 0.0308 e. The van der Waals surface area contributed by atoms with Crippen molar-refractivity contribution in [3.63, 3.8) is 0 Å². The van der Waals surface area contributed by atoms with Crippen LogP contribution in [0, 0.1) is 0 Å². The minimum Gasteiger partial charge on any atom is -0.313 e. The molecule has 0 aliphatic carbocycles. The maximum absolute atomic E-state index is 5.59. The first-order chi connectivity index (χ1) is 5.29. The van der Waals surface area contributed by atoms with E-state index >= 15 is 0 Å². The fourth-order valence-corrected chi connectivity index (χ4v) is 1.41. The van der Waals surface area contributed by atoms with Gasteiger partial charge in [0.25, 0.3) is 0 Å². The Kier molecular flexibility index (Phi) is 3.91. The second-order valence-electron chi connectivity index (χ2n) is 2.94. The molecule has 0 saturated carbocycles. The van der Waals surface area contributed by atoms with E-state index in [1.54, 1.807) is 0 Å². The van der Waals surface area contributed by atoms with Gasteiger partial charge in [0.05, 0.1) is 0 Å². The second kappa shape index (κ2) is 4.75. The van der Waals surface area contributed by atoms with Crippen LogP contribution in [0.1, 0.15) is 12.8 Å². The molecule has 0 spiro atoms. The molecular weight excluding hydrogens is 160 g/mol. The average Bonchev–Trinajstić information content (AvgIpc) is 2.39. The predicted molar refractivity (Wildman–Crippen MR) is 48.9 cm³/mol. The third-order valence-corrected chi connectivity index (χ3v) is 2.00. The fourth-order valence-electron chi connectivity index (χ4n) is 1.31. The summed E-state index contributed by atoms with van der Waals surface area (Å²) in [7, 11) is 0. The highest BCUT2D eigenvalue weighted by molar-refractivity contribution is 6.29. The number of rotatable bonds is 4. The highest BCUT2D eigenvalue weighted by Gasteiger charge is 2.12. The third-order valence-electron chi connectivity index (χ3n) is 1.87. The largest absolute Gasteiger partial charge is 0.313 e. The Morgan fingerprint density at radius 3 is 3.09 bits per heavy atom. The van der Waals surface area contributed by atoms with Crippen molar-refractivity contribution < 1.29 is 0 Å². The van der Waals surface area contributed by atoms with Crippen molar-refractivity contribution in [3.8, 4) is 0 Å². The molecule has 3 heteroatoms. The number of halogens is 1. The van der Waals surface area contributed by atoms with E-state index in [0.717, 1.165) is 19.6 Å². The molecule has 2 nitrogen and oxygen atoms in total. The van der Waals surface area contributed by atoms with Crippen LogP contribution in [0.25, 0.3) is 0 Å². The van der Waals surface area contributed by atoms with E-state index in [2.05, 4.69) is 17.2 Å². The highest BCUT2D eigenvalue weighted by atomic mass is 35.5. The van der Waals surface area contributed by atoms with Gasteiger partial charge in [-0.1, -0.05) is 18.2 Å². The molecule has 1 aliphatic rings. The summed E-state index contributed by atoms with van der Waals surface area (Å²) < 4.78 is 0. The van der Waals surface area contributed by atoms with Gasteiger partial charge in [0.1, 0.15) is 0 Å². The summed E-state index contributed by atoms with van der Waals surface area (Å²) in [5, 5.41) is 7.31. The van der Waals surface area contributed by atoms with Crippen molar-refractivity contribution in [3.05, 3.63) is 11.6 Å². The van der Waals surface area contributed by atoms with Crippen LogP contribution in [0.4, 0.5) is 0 Å². The monoisotopic (exact) mass is 174 g/mol. The Labute approximate surface area is 73.0 Å². The Balaban J connectivity index is 1.98. The molecule has 1 aliphatic heterocycles. The minimum atomic E-state index is 0.644. The molecular formula is C8H15ClN2. The van der Waals surface area contributed by atoms with E-state index < -0.39 is 0 Å². The Morgan fingerprint density at radius 1 is 1.73 bits per heavy atom. The number of nitrogens with one attached hydrogen (secondary N) is 2. The van der Waals surface area contributed by atoms with Gasteiger partial charge < -0.3 is 10.6 Å². The SMILES string of the molecule is C=C(Cl)CNCC1CCCN1. The fraction of sp³-hybridized carbons (Fsp3) is 0.750. The number of hydrogen-bond acceptors (Lipinski definition) is 2. The summed E-state index contributed by atoms with van der Waals surface area (Å²) in [6.45, 7) is 6.49. The topological polar surface area (TPSA) is 24.1 Å². The maximum atomic E-state index is 5.59. The molecule has 1 saturated heterocycles. The molecule has 1 unspecified atom stereocenters. The quantitative estimate of drug-likeness (QED) is 0.667. The van der Waals surface area contributed by atoms with Crippen LogP contribution in [0.15, 0.2) is 11.6 Å². The first-order valence-corrected chi connectivity index (χ1v) is 4.44. The predicted octanol–water partition coefficient (Wildman–Crippen LogP) is 1.08. The summed E-state index contributed by atoms with van der Waals surface area (Å²) in [5.41, 5.74) is 0. The van der Waals surface area contributed by atoms with E-state index in [0.29, 0.717) is 11.1 Å². The smallest absolute Gasteiger partial charge is 0.0308 e. The van der Waals surface area contributed by atoms with Crippen molar-refractivity contribution in [2.45, 2.75) is 18.9 Å². The molecule has 1 fully saturated rings. The Bertz CT molecular complexity index is 130. The van der Waals surface area contributed by atoms with Gasteiger partial charge in [-0.05, 0) is 19.4 Å². The van der Waals surface area contributed by atoms with E-state index in [4.69, 9.17) is 11.6 Å². The summed E-state index contributed by atoms with van der Waals surface area (Å²) in [5.74, 6) is 0. The van der Waals surface area contributed by atoms with Gasteiger partial charge in [-0.25, -0.2) is 0 Å². The van der Waals surface area contributed by atoms with Crippen LogP contribution in [0.3, 0.4) is 0 Å². The minimum absolute atomic E-state index is 0.644. The lowest BCUT2D eigenvalue weighted by molar-refractivity contribution is 0.553. The molecule has 0 aromatic heterocycles. The highest BCUT2D eigenvalue weighted by Crippen LogP contribution is 2.03. The lowest BCUT2D eigenvalue weighted by Gasteiger charge is -2.10. The zero-order valence-electron chi connectivity index (χ0n) is 6.70. The van der Waals surface area contributed by atoms with Crippen molar-refractivity contribution in [2.24, 2.45) is 0 Å². The van der Waals surface area contributed by atoms with Gasteiger partial charge in [0.15, 0.2) is 0 Å².